The Bertz CT molecular complexity index is 919. The van der Waals surface area contributed by atoms with E-state index in [2.05, 4.69) is 4.99 Å². The maximum atomic E-state index is 12.0. The number of carbonyl (C=O) groups is 1. The van der Waals surface area contributed by atoms with E-state index in [0.29, 0.717) is 16.3 Å². The fourth-order valence-electron chi connectivity index (χ4n) is 2.22. The first-order valence-electron chi connectivity index (χ1n) is 7.09. The number of methoxy groups -OCH3 is 1. The molecule has 0 saturated carbocycles. The molecule has 1 aliphatic heterocycles. The Balaban J connectivity index is 2.01. The molecule has 0 radical (unpaired) electrons. The number of nitro benzene ring substituents is 1. The minimum atomic E-state index is -0.654. The zero-order valence-electron chi connectivity index (χ0n) is 12.9. The zero-order chi connectivity index (χ0) is 18.0. The summed E-state index contributed by atoms with van der Waals surface area (Å²) in [4.78, 5) is 26.6. The number of rotatable bonds is 4. The highest BCUT2D eigenvalue weighted by Crippen LogP contribution is 2.28. The highest BCUT2D eigenvalue weighted by Gasteiger charge is 2.27. The Morgan fingerprint density at radius 3 is 2.60 bits per heavy atom. The second kappa shape index (κ2) is 6.74. The molecule has 0 saturated heterocycles. The van der Waals surface area contributed by atoms with Crippen molar-refractivity contribution < 1.29 is 19.2 Å². The second-order valence-corrected chi connectivity index (χ2v) is 5.47. The first-order chi connectivity index (χ1) is 12.0. The normalized spacial score (nSPS) is 15.0. The SMILES string of the molecule is COc1ccc([N+](=O)[O-])cc1C1=N/C(=C/c2ccc(Cl)cc2)C(=O)O1. The quantitative estimate of drug-likeness (QED) is 0.360. The molecule has 0 aliphatic carbocycles. The molecule has 0 aromatic heterocycles. The molecule has 0 N–H and O–H groups in total. The summed E-state index contributed by atoms with van der Waals surface area (Å²) in [5, 5.41) is 11.5. The monoisotopic (exact) mass is 358 g/mol. The number of carbonyl (C=O) groups excluding carboxylic acids is 1. The minimum absolute atomic E-state index is 0.0502. The van der Waals surface area contributed by atoms with Gasteiger partial charge in [0.05, 0.1) is 17.6 Å². The number of esters is 1. The molecule has 8 heteroatoms. The maximum absolute atomic E-state index is 12.0. The topological polar surface area (TPSA) is 91.0 Å². The fraction of sp³-hybridized carbons (Fsp3) is 0.0588. The van der Waals surface area contributed by atoms with Crippen molar-refractivity contribution in [3.05, 3.63) is 74.4 Å². The highest BCUT2D eigenvalue weighted by atomic mass is 35.5. The number of nitro groups is 1. The third-order valence-corrected chi connectivity index (χ3v) is 3.67. The van der Waals surface area contributed by atoms with Crippen LogP contribution >= 0.6 is 11.6 Å². The van der Waals surface area contributed by atoms with Crippen LogP contribution in [0.2, 0.25) is 5.02 Å². The summed E-state index contributed by atoms with van der Waals surface area (Å²) in [6, 6.07) is 10.8. The van der Waals surface area contributed by atoms with Crippen LogP contribution in [0.5, 0.6) is 5.75 Å². The van der Waals surface area contributed by atoms with Gasteiger partial charge < -0.3 is 9.47 Å². The van der Waals surface area contributed by atoms with E-state index in [1.807, 2.05) is 0 Å². The number of benzene rings is 2. The molecule has 2 aromatic carbocycles. The minimum Gasteiger partial charge on any atom is -0.496 e. The van der Waals surface area contributed by atoms with Crippen LogP contribution in [0.15, 0.2) is 53.2 Å². The summed E-state index contributed by atoms with van der Waals surface area (Å²) in [5.41, 5.74) is 0.854. The van der Waals surface area contributed by atoms with E-state index in [0.717, 1.165) is 0 Å². The molecule has 0 unspecified atom stereocenters. The molecule has 0 fully saturated rings. The molecule has 0 bridgehead atoms. The third-order valence-electron chi connectivity index (χ3n) is 3.42. The first-order valence-corrected chi connectivity index (χ1v) is 7.46. The number of ether oxygens (including phenoxy) is 2. The van der Waals surface area contributed by atoms with E-state index in [4.69, 9.17) is 21.1 Å². The molecule has 126 valence electrons. The predicted molar refractivity (Wildman–Crippen MR) is 91.7 cm³/mol. The summed E-state index contributed by atoms with van der Waals surface area (Å²) in [6.07, 6.45) is 1.54. The van der Waals surface area contributed by atoms with E-state index in [1.54, 1.807) is 24.3 Å². The largest absolute Gasteiger partial charge is 0.496 e. The molecule has 0 spiro atoms. The zero-order valence-corrected chi connectivity index (χ0v) is 13.7. The van der Waals surface area contributed by atoms with Crippen LogP contribution in [0.3, 0.4) is 0 Å². The molecule has 0 amide bonds. The van der Waals surface area contributed by atoms with E-state index >= 15 is 0 Å². The van der Waals surface area contributed by atoms with Crippen molar-refractivity contribution in [1.29, 1.82) is 0 Å². The standard InChI is InChI=1S/C17H11ClN2O5/c1-24-15-7-6-12(20(22)23)9-13(15)16-19-14(17(21)25-16)8-10-2-4-11(18)5-3-10/h2-9H,1H3/b14-8+. The van der Waals surface area contributed by atoms with Gasteiger partial charge in [-0.3, -0.25) is 10.1 Å². The number of hydrogen-bond donors (Lipinski definition) is 0. The summed E-state index contributed by atoms with van der Waals surface area (Å²) in [7, 11) is 1.41. The molecule has 25 heavy (non-hydrogen) atoms. The summed E-state index contributed by atoms with van der Waals surface area (Å²) < 4.78 is 10.3. The van der Waals surface area contributed by atoms with Crippen LogP contribution in [-0.2, 0) is 9.53 Å². The first kappa shape index (κ1) is 16.7. The Hall–Kier alpha value is -3.19. The van der Waals surface area contributed by atoms with Crippen molar-refractivity contribution in [2.45, 2.75) is 0 Å². The van der Waals surface area contributed by atoms with Gasteiger partial charge in [-0.15, -0.1) is 0 Å². The van der Waals surface area contributed by atoms with Gasteiger partial charge in [0, 0.05) is 17.2 Å². The smallest absolute Gasteiger partial charge is 0.363 e. The molecule has 0 atom stereocenters. The number of nitrogens with zero attached hydrogens (tertiary/aromatic N) is 2. The van der Waals surface area contributed by atoms with Gasteiger partial charge in [0.25, 0.3) is 5.69 Å². The van der Waals surface area contributed by atoms with Crippen LogP contribution in [0.25, 0.3) is 6.08 Å². The number of hydrogen-bond acceptors (Lipinski definition) is 6. The number of halogens is 1. The van der Waals surface area contributed by atoms with Crippen LogP contribution in [-0.4, -0.2) is 23.9 Å². The van der Waals surface area contributed by atoms with Crippen molar-refractivity contribution in [2.75, 3.05) is 7.11 Å². The van der Waals surface area contributed by atoms with E-state index < -0.39 is 10.9 Å². The van der Waals surface area contributed by atoms with E-state index in [1.165, 1.54) is 31.4 Å². The molecule has 2 aromatic rings. The predicted octanol–water partition coefficient (Wildman–Crippen LogP) is 3.60. The average Bonchev–Trinajstić information content (AvgIpc) is 2.96. The number of aliphatic imine (C=N–C) groups is 1. The molecular formula is C17H11ClN2O5. The van der Waals surface area contributed by atoms with E-state index in [9.17, 15) is 14.9 Å². The van der Waals surface area contributed by atoms with Gasteiger partial charge >= 0.3 is 5.97 Å². The average molecular weight is 359 g/mol. The molecule has 3 rings (SSSR count). The Kier molecular flexibility index (Phi) is 4.49. The molecular weight excluding hydrogens is 348 g/mol. The van der Waals surface area contributed by atoms with Gasteiger partial charge in [0.15, 0.2) is 5.70 Å². The Morgan fingerprint density at radius 2 is 1.96 bits per heavy atom. The van der Waals surface area contributed by atoms with Gasteiger partial charge in [0.1, 0.15) is 5.75 Å². The van der Waals surface area contributed by atoms with Gasteiger partial charge in [-0.1, -0.05) is 23.7 Å². The van der Waals surface area contributed by atoms with Crippen molar-refractivity contribution in [1.82, 2.24) is 0 Å². The van der Waals surface area contributed by atoms with Crippen LogP contribution in [0, 0.1) is 10.1 Å². The van der Waals surface area contributed by atoms with Gasteiger partial charge in [-0.05, 0) is 29.8 Å². The van der Waals surface area contributed by atoms with Crippen LogP contribution < -0.4 is 4.74 Å². The van der Waals surface area contributed by atoms with Crippen molar-refractivity contribution >= 4 is 35.2 Å². The highest BCUT2D eigenvalue weighted by molar-refractivity contribution is 6.30. The number of non-ortho nitro benzene ring substituents is 1. The van der Waals surface area contributed by atoms with Gasteiger partial charge in [-0.2, -0.15) is 0 Å². The van der Waals surface area contributed by atoms with Gasteiger partial charge in [-0.25, -0.2) is 9.79 Å². The number of cyclic esters (lactones) is 1. The fourth-order valence-corrected chi connectivity index (χ4v) is 2.34. The lowest BCUT2D eigenvalue weighted by atomic mass is 10.1. The van der Waals surface area contributed by atoms with Crippen molar-refractivity contribution in [3.8, 4) is 5.75 Å². The van der Waals surface area contributed by atoms with Crippen molar-refractivity contribution in [2.24, 2.45) is 4.99 Å². The van der Waals surface area contributed by atoms with Crippen LogP contribution in [0.1, 0.15) is 11.1 Å². The lowest BCUT2D eigenvalue weighted by molar-refractivity contribution is -0.384. The second-order valence-electron chi connectivity index (χ2n) is 5.03. The van der Waals surface area contributed by atoms with Crippen LogP contribution in [0.4, 0.5) is 5.69 Å². The Labute approximate surface area is 147 Å². The lowest BCUT2D eigenvalue weighted by Gasteiger charge is -2.06. The third kappa shape index (κ3) is 3.51. The maximum Gasteiger partial charge on any atom is 0.363 e. The lowest BCUT2D eigenvalue weighted by Crippen LogP contribution is -2.07. The summed E-state index contributed by atoms with van der Waals surface area (Å²) in [6.45, 7) is 0. The summed E-state index contributed by atoms with van der Waals surface area (Å²) >= 11 is 5.83. The molecule has 1 aliphatic rings. The van der Waals surface area contributed by atoms with E-state index in [-0.39, 0.29) is 22.8 Å². The van der Waals surface area contributed by atoms with Crippen molar-refractivity contribution in [3.63, 3.8) is 0 Å². The molecule has 7 nitrogen and oxygen atoms in total. The molecule has 1 heterocycles. The van der Waals surface area contributed by atoms with Gasteiger partial charge in [0.2, 0.25) is 5.90 Å². The Morgan fingerprint density at radius 1 is 1.24 bits per heavy atom. The summed E-state index contributed by atoms with van der Waals surface area (Å²) in [5.74, 6) is -0.394.